The van der Waals surface area contributed by atoms with Gasteiger partial charge in [0, 0.05) is 43.2 Å². The first-order valence-electron chi connectivity index (χ1n) is 9.95. The Bertz CT molecular complexity index is 1170. The van der Waals surface area contributed by atoms with Crippen LogP contribution in [0.1, 0.15) is 23.1 Å². The number of carbonyl (C=O) groups is 1. The number of methoxy groups -OCH3 is 1. The van der Waals surface area contributed by atoms with E-state index in [1.807, 2.05) is 6.07 Å². The van der Waals surface area contributed by atoms with Crippen molar-refractivity contribution >= 4 is 22.6 Å². The van der Waals surface area contributed by atoms with Crippen LogP contribution in [0.15, 0.2) is 51.7 Å². The topological polar surface area (TPSA) is 118 Å². The van der Waals surface area contributed by atoms with Crippen LogP contribution < -0.4 is 10.4 Å². The third-order valence-electron chi connectivity index (χ3n) is 4.82. The number of nitro groups is 1. The van der Waals surface area contributed by atoms with Crippen LogP contribution in [-0.4, -0.2) is 31.2 Å². The van der Waals surface area contributed by atoms with Gasteiger partial charge in [0.25, 0.3) is 5.69 Å². The average molecular weight is 441 g/mol. The molecule has 32 heavy (non-hydrogen) atoms. The molecule has 1 heterocycles. The number of rotatable bonds is 10. The van der Waals surface area contributed by atoms with Crippen molar-refractivity contribution in [2.75, 3.05) is 20.3 Å². The SMILES string of the molecule is COCCOC(=O)CCc1cc2c(C)cc(=O)oc2cc1OCc1ccc([N+](=O)[O-])cc1. The second-order valence-electron chi connectivity index (χ2n) is 7.13. The Morgan fingerprint density at radius 1 is 1.12 bits per heavy atom. The van der Waals surface area contributed by atoms with E-state index in [-0.39, 0.29) is 31.3 Å². The first-order valence-corrected chi connectivity index (χ1v) is 9.95. The van der Waals surface area contributed by atoms with Gasteiger partial charge in [0.05, 0.1) is 11.5 Å². The van der Waals surface area contributed by atoms with Crippen LogP contribution in [0.25, 0.3) is 11.0 Å². The number of fused-ring (bicyclic) bond motifs is 1. The van der Waals surface area contributed by atoms with E-state index < -0.39 is 10.5 Å². The molecule has 3 aromatic rings. The summed E-state index contributed by atoms with van der Waals surface area (Å²) in [6.07, 6.45) is 0.495. The highest BCUT2D eigenvalue weighted by molar-refractivity contribution is 5.83. The van der Waals surface area contributed by atoms with E-state index in [9.17, 15) is 19.7 Å². The molecular weight excluding hydrogens is 418 g/mol. The molecule has 0 saturated carbocycles. The molecule has 9 nitrogen and oxygen atoms in total. The predicted molar refractivity (Wildman–Crippen MR) is 116 cm³/mol. The minimum Gasteiger partial charge on any atom is -0.488 e. The number of benzene rings is 2. The van der Waals surface area contributed by atoms with E-state index >= 15 is 0 Å². The van der Waals surface area contributed by atoms with Crippen LogP contribution in [0.3, 0.4) is 0 Å². The summed E-state index contributed by atoms with van der Waals surface area (Å²) in [5.41, 5.74) is 2.13. The lowest BCUT2D eigenvalue weighted by Gasteiger charge is -2.14. The van der Waals surface area contributed by atoms with Crippen molar-refractivity contribution in [2.45, 2.75) is 26.4 Å². The Labute approximate surface area is 183 Å². The first kappa shape index (κ1) is 23.0. The van der Waals surface area contributed by atoms with E-state index in [0.717, 1.165) is 22.1 Å². The lowest BCUT2D eigenvalue weighted by Crippen LogP contribution is -2.11. The number of aryl methyl sites for hydroxylation is 2. The van der Waals surface area contributed by atoms with Crippen LogP contribution in [0.5, 0.6) is 5.75 Å². The molecule has 0 bridgehead atoms. The standard InChI is InChI=1S/C23H23NO8/c1-15-11-23(26)32-21-13-20(31-14-16-3-6-18(7-4-16)24(27)28)17(12-19(15)21)5-8-22(25)30-10-9-29-2/h3-4,6-7,11-13H,5,8-10,14H2,1-2H3. The molecular formula is C23H23NO8. The molecule has 0 aliphatic rings. The summed E-state index contributed by atoms with van der Waals surface area (Å²) in [4.78, 5) is 34.1. The molecule has 0 unspecified atom stereocenters. The van der Waals surface area contributed by atoms with Gasteiger partial charge in [-0.15, -0.1) is 0 Å². The zero-order chi connectivity index (χ0) is 23.1. The highest BCUT2D eigenvalue weighted by atomic mass is 16.6. The maximum atomic E-state index is 12.0. The van der Waals surface area contributed by atoms with Gasteiger partial charge in [0.15, 0.2) is 0 Å². The highest BCUT2D eigenvalue weighted by Gasteiger charge is 2.14. The van der Waals surface area contributed by atoms with Crippen molar-refractivity contribution in [1.82, 2.24) is 0 Å². The Kier molecular flexibility index (Phi) is 7.56. The van der Waals surface area contributed by atoms with E-state index in [2.05, 4.69) is 0 Å². The van der Waals surface area contributed by atoms with Crippen LogP contribution in [-0.2, 0) is 27.3 Å². The maximum Gasteiger partial charge on any atom is 0.336 e. The first-order chi connectivity index (χ1) is 15.4. The smallest absolute Gasteiger partial charge is 0.336 e. The van der Waals surface area contributed by atoms with Crippen LogP contribution >= 0.6 is 0 Å². The number of nitro benzene ring substituents is 1. The number of hydrogen-bond acceptors (Lipinski definition) is 8. The molecule has 0 radical (unpaired) electrons. The second kappa shape index (κ2) is 10.5. The molecule has 0 aliphatic heterocycles. The fourth-order valence-corrected chi connectivity index (χ4v) is 3.14. The molecule has 0 fully saturated rings. The Hall–Kier alpha value is -3.72. The quantitative estimate of drug-likeness (QED) is 0.154. The van der Waals surface area contributed by atoms with Crippen molar-refractivity contribution in [1.29, 1.82) is 0 Å². The fraction of sp³-hybridized carbons (Fsp3) is 0.304. The molecule has 2 aromatic carbocycles. The number of nitrogens with zero attached hydrogens (tertiary/aromatic N) is 1. The third kappa shape index (κ3) is 5.92. The van der Waals surface area contributed by atoms with Gasteiger partial charge in [-0.25, -0.2) is 4.79 Å². The Balaban J connectivity index is 1.82. The average Bonchev–Trinajstić information content (AvgIpc) is 2.76. The summed E-state index contributed by atoms with van der Waals surface area (Å²) >= 11 is 0. The summed E-state index contributed by atoms with van der Waals surface area (Å²) in [5, 5.41) is 11.6. The van der Waals surface area contributed by atoms with Crippen molar-refractivity contribution in [3.8, 4) is 5.75 Å². The van der Waals surface area contributed by atoms with Gasteiger partial charge in [-0.05, 0) is 48.2 Å². The Morgan fingerprint density at radius 2 is 1.88 bits per heavy atom. The summed E-state index contributed by atoms with van der Waals surface area (Å²) in [6.45, 7) is 2.45. The highest BCUT2D eigenvalue weighted by Crippen LogP contribution is 2.29. The second-order valence-corrected chi connectivity index (χ2v) is 7.13. The number of carbonyl (C=O) groups excluding carboxylic acids is 1. The van der Waals surface area contributed by atoms with Crippen molar-refractivity contribution in [3.05, 3.63) is 79.7 Å². The number of esters is 1. The minimum atomic E-state index is -0.470. The van der Waals surface area contributed by atoms with Crippen LogP contribution in [0.2, 0.25) is 0 Å². The van der Waals surface area contributed by atoms with Crippen molar-refractivity contribution < 1.29 is 28.3 Å². The van der Waals surface area contributed by atoms with Gasteiger partial charge in [-0.3, -0.25) is 14.9 Å². The van der Waals surface area contributed by atoms with Gasteiger partial charge in [0.1, 0.15) is 24.5 Å². The normalized spacial score (nSPS) is 10.8. The molecule has 9 heteroatoms. The molecule has 0 saturated heterocycles. The predicted octanol–water partition coefficient (Wildman–Crippen LogP) is 3.71. The number of ether oxygens (including phenoxy) is 3. The fourth-order valence-electron chi connectivity index (χ4n) is 3.14. The van der Waals surface area contributed by atoms with E-state index in [4.69, 9.17) is 18.6 Å². The van der Waals surface area contributed by atoms with Crippen LogP contribution in [0, 0.1) is 17.0 Å². The third-order valence-corrected chi connectivity index (χ3v) is 4.82. The van der Waals surface area contributed by atoms with E-state index in [1.54, 1.807) is 25.1 Å². The molecule has 0 aliphatic carbocycles. The van der Waals surface area contributed by atoms with Gasteiger partial charge in [0.2, 0.25) is 0 Å². The molecule has 3 rings (SSSR count). The van der Waals surface area contributed by atoms with Crippen LogP contribution in [0.4, 0.5) is 5.69 Å². The molecule has 0 amide bonds. The van der Waals surface area contributed by atoms with E-state index in [1.165, 1.54) is 25.3 Å². The van der Waals surface area contributed by atoms with E-state index in [0.29, 0.717) is 24.4 Å². The van der Waals surface area contributed by atoms with Crippen molar-refractivity contribution in [3.63, 3.8) is 0 Å². The molecule has 0 atom stereocenters. The van der Waals surface area contributed by atoms with Gasteiger partial charge in [-0.1, -0.05) is 0 Å². The largest absolute Gasteiger partial charge is 0.488 e. The van der Waals surface area contributed by atoms with Gasteiger partial charge in [-0.2, -0.15) is 0 Å². The molecule has 0 spiro atoms. The van der Waals surface area contributed by atoms with Crippen molar-refractivity contribution in [2.24, 2.45) is 0 Å². The lowest BCUT2D eigenvalue weighted by atomic mass is 10.0. The van der Waals surface area contributed by atoms with Gasteiger partial charge >= 0.3 is 11.6 Å². The molecule has 168 valence electrons. The summed E-state index contributed by atoms with van der Waals surface area (Å²) < 4.78 is 21.2. The monoisotopic (exact) mass is 441 g/mol. The minimum absolute atomic E-state index is 0.00983. The zero-order valence-corrected chi connectivity index (χ0v) is 17.8. The molecule has 0 N–H and O–H groups in total. The lowest BCUT2D eigenvalue weighted by molar-refractivity contribution is -0.384. The summed E-state index contributed by atoms with van der Waals surface area (Å²) in [7, 11) is 1.53. The summed E-state index contributed by atoms with van der Waals surface area (Å²) in [5.74, 6) is 0.0917. The Morgan fingerprint density at radius 3 is 2.56 bits per heavy atom. The number of non-ortho nitro benzene ring substituents is 1. The summed E-state index contributed by atoms with van der Waals surface area (Å²) in [6, 6.07) is 10.9. The maximum absolute atomic E-state index is 12.0. The number of hydrogen-bond donors (Lipinski definition) is 0. The van der Waals surface area contributed by atoms with Gasteiger partial charge < -0.3 is 18.6 Å². The zero-order valence-electron chi connectivity index (χ0n) is 17.8. The molecule has 1 aromatic heterocycles.